The van der Waals surface area contributed by atoms with E-state index in [4.69, 9.17) is 14.2 Å². The summed E-state index contributed by atoms with van der Waals surface area (Å²) in [4.78, 5) is 0. The maximum Gasteiger partial charge on any atom is 0.119 e. The summed E-state index contributed by atoms with van der Waals surface area (Å²) in [5, 5.41) is 10.1. The SMILES string of the molecule is CC(C)Oc1ccc(C(O)COCC2CCCCO2)cc1. The summed E-state index contributed by atoms with van der Waals surface area (Å²) >= 11 is 0. The first-order chi connectivity index (χ1) is 10.1. The maximum absolute atomic E-state index is 10.1. The van der Waals surface area contributed by atoms with Crippen LogP contribution in [-0.2, 0) is 9.47 Å². The lowest BCUT2D eigenvalue weighted by Gasteiger charge is -2.23. The monoisotopic (exact) mass is 294 g/mol. The van der Waals surface area contributed by atoms with Crippen molar-refractivity contribution in [3.8, 4) is 5.75 Å². The van der Waals surface area contributed by atoms with Crippen LogP contribution in [-0.4, -0.2) is 37.1 Å². The van der Waals surface area contributed by atoms with Gasteiger partial charge in [-0.25, -0.2) is 0 Å². The Balaban J connectivity index is 1.73. The highest BCUT2D eigenvalue weighted by atomic mass is 16.5. The number of rotatable bonds is 7. The fraction of sp³-hybridized carbons (Fsp3) is 0.647. The fourth-order valence-corrected chi connectivity index (χ4v) is 2.39. The summed E-state index contributed by atoms with van der Waals surface area (Å²) in [6.45, 7) is 5.66. The van der Waals surface area contributed by atoms with E-state index >= 15 is 0 Å². The highest BCUT2D eigenvalue weighted by Gasteiger charge is 2.15. The van der Waals surface area contributed by atoms with Gasteiger partial charge in [0.1, 0.15) is 11.9 Å². The minimum Gasteiger partial charge on any atom is -0.491 e. The van der Waals surface area contributed by atoms with Gasteiger partial charge in [-0.2, -0.15) is 0 Å². The molecule has 1 fully saturated rings. The van der Waals surface area contributed by atoms with Gasteiger partial charge in [0.25, 0.3) is 0 Å². The number of benzene rings is 1. The van der Waals surface area contributed by atoms with Gasteiger partial charge in [-0.1, -0.05) is 12.1 Å². The van der Waals surface area contributed by atoms with Gasteiger partial charge >= 0.3 is 0 Å². The molecule has 0 bridgehead atoms. The summed E-state index contributed by atoms with van der Waals surface area (Å²) in [6, 6.07) is 7.51. The van der Waals surface area contributed by atoms with Gasteiger partial charge in [0.15, 0.2) is 0 Å². The van der Waals surface area contributed by atoms with Gasteiger partial charge < -0.3 is 19.3 Å². The molecule has 0 radical (unpaired) electrons. The van der Waals surface area contributed by atoms with Gasteiger partial charge in [-0.15, -0.1) is 0 Å². The highest BCUT2D eigenvalue weighted by molar-refractivity contribution is 5.28. The Morgan fingerprint density at radius 3 is 2.62 bits per heavy atom. The largest absolute Gasteiger partial charge is 0.491 e. The highest BCUT2D eigenvalue weighted by Crippen LogP contribution is 2.19. The Bertz CT molecular complexity index is 396. The Kier molecular flexibility index (Phi) is 6.49. The third-order valence-electron chi connectivity index (χ3n) is 3.49. The molecule has 4 nitrogen and oxygen atoms in total. The summed E-state index contributed by atoms with van der Waals surface area (Å²) in [5.41, 5.74) is 0.843. The predicted molar refractivity (Wildman–Crippen MR) is 81.6 cm³/mol. The summed E-state index contributed by atoms with van der Waals surface area (Å²) in [7, 11) is 0. The maximum atomic E-state index is 10.1. The summed E-state index contributed by atoms with van der Waals surface area (Å²) in [5.74, 6) is 0.817. The van der Waals surface area contributed by atoms with Crippen LogP contribution in [0.1, 0.15) is 44.8 Å². The molecule has 0 aromatic heterocycles. The summed E-state index contributed by atoms with van der Waals surface area (Å²) in [6.07, 6.45) is 3.13. The van der Waals surface area contributed by atoms with Crippen molar-refractivity contribution in [3.63, 3.8) is 0 Å². The van der Waals surface area contributed by atoms with Gasteiger partial charge in [-0.3, -0.25) is 0 Å². The van der Waals surface area contributed by atoms with Gasteiger partial charge in [0, 0.05) is 6.61 Å². The van der Waals surface area contributed by atoms with Crippen LogP contribution in [0.2, 0.25) is 0 Å². The molecule has 0 aliphatic carbocycles. The molecule has 1 aliphatic heterocycles. The van der Waals surface area contributed by atoms with Crippen LogP contribution in [0.15, 0.2) is 24.3 Å². The summed E-state index contributed by atoms with van der Waals surface area (Å²) < 4.78 is 16.8. The Morgan fingerprint density at radius 2 is 2.00 bits per heavy atom. The van der Waals surface area contributed by atoms with Crippen molar-refractivity contribution in [3.05, 3.63) is 29.8 Å². The fourth-order valence-electron chi connectivity index (χ4n) is 2.39. The zero-order valence-corrected chi connectivity index (χ0v) is 13.0. The topological polar surface area (TPSA) is 47.9 Å². The number of aliphatic hydroxyl groups is 1. The molecule has 2 unspecified atom stereocenters. The molecule has 4 heteroatoms. The Morgan fingerprint density at radius 1 is 1.24 bits per heavy atom. The number of aliphatic hydroxyl groups excluding tert-OH is 1. The van der Waals surface area contributed by atoms with Crippen molar-refractivity contribution >= 4 is 0 Å². The van der Waals surface area contributed by atoms with Crippen molar-refractivity contribution in [2.45, 2.75) is 51.4 Å². The van der Waals surface area contributed by atoms with E-state index in [1.165, 1.54) is 6.42 Å². The van der Waals surface area contributed by atoms with Crippen molar-refractivity contribution in [1.29, 1.82) is 0 Å². The molecular weight excluding hydrogens is 268 g/mol. The normalized spacial score (nSPS) is 20.5. The van der Waals surface area contributed by atoms with E-state index in [-0.39, 0.29) is 12.2 Å². The van der Waals surface area contributed by atoms with Crippen LogP contribution in [0.3, 0.4) is 0 Å². The van der Waals surface area contributed by atoms with Crippen molar-refractivity contribution in [2.24, 2.45) is 0 Å². The van der Waals surface area contributed by atoms with Crippen LogP contribution < -0.4 is 4.74 Å². The molecule has 2 rings (SSSR count). The molecule has 118 valence electrons. The first kappa shape index (κ1) is 16.3. The van der Waals surface area contributed by atoms with E-state index in [9.17, 15) is 5.11 Å². The minimum atomic E-state index is -0.610. The molecule has 0 saturated carbocycles. The van der Waals surface area contributed by atoms with Crippen LogP contribution in [0.4, 0.5) is 0 Å². The van der Waals surface area contributed by atoms with E-state index < -0.39 is 6.10 Å². The molecule has 1 aliphatic rings. The molecule has 1 aromatic rings. The second-order valence-corrected chi connectivity index (χ2v) is 5.78. The third kappa shape index (κ3) is 5.65. The van der Waals surface area contributed by atoms with E-state index in [0.717, 1.165) is 30.8 Å². The smallest absolute Gasteiger partial charge is 0.119 e. The molecule has 1 aromatic carbocycles. The Hall–Kier alpha value is -1.10. The molecule has 1 N–H and O–H groups in total. The van der Waals surface area contributed by atoms with Crippen LogP contribution in [0.5, 0.6) is 5.75 Å². The van der Waals surface area contributed by atoms with Gasteiger partial charge in [-0.05, 0) is 50.8 Å². The first-order valence-electron chi connectivity index (χ1n) is 7.79. The second kappa shape index (κ2) is 8.37. The lowest BCUT2D eigenvalue weighted by atomic mass is 10.1. The quantitative estimate of drug-likeness (QED) is 0.839. The average Bonchev–Trinajstić information content (AvgIpc) is 2.48. The van der Waals surface area contributed by atoms with Crippen LogP contribution >= 0.6 is 0 Å². The molecule has 1 saturated heterocycles. The van der Waals surface area contributed by atoms with Gasteiger partial charge in [0.2, 0.25) is 0 Å². The molecule has 21 heavy (non-hydrogen) atoms. The minimum absolute atomic E-state index is 0.152. The molecule has 0 amide bonds. The van der Waals surface area contributed by atoms with Crippen LogP contribution in [0.25, 0.3) is 0 Å². The molecule has 0 spiro atoms. The zero-order chi connectivity index (χ0) is 15.1. The molecule has 1 heterocycles. The van der Waals surface area contributed by atoms with Gasteiger partial charge in [0.05, 0.1) is 25.4 Å². The van der Waals surface area contributed by atoms with Crippen molar-refractivity contribution in [1.82, 2.24) is 0 Å². The number of hydrogen-bond donors (Lipinski definition) is 1. The van der Waals surface area contributed by atoms with E-state index in [1.54, 1.807) is 0 Å². The van der Waals surface area contributed by atoms with E-state index in [0.29, 0.717) is 13.2 Å². The van der Waals surface area contributed by atoms with E-state index in [1.807, 2.05) is 38.1 Å². The average molecular weight is 294 g/mol. The van der Waals surface area contributed by atoms with Crippen LogP contribution in [0, 0.1) is 0 Å². The lowest BCUT2D eigenvalue weighted by Crippen LogP contribution is -2.25. The third-order valence-corrected chi connectivity index (χ3v) is 3.49. The number of hydrogen-bond acceptors (Lipinski definition) is 4. The standard InChI is InChI=1S/C17H26O4/c1-13(2)21-15-8-6-14(7-9-15)17(18)12-19-11-16-5-3-4-10-20-16/h6-9,13,16-18H,3-5,10-12H2,1-2H3. The van der Waals surface area contributed by atoms with E-state index in [2.05, 4.69) is 0 Å². The second-order valence-electron chi connectivity index (χ2n) is 5.78. The first-order valence-corrected chi connectivity index (χ1v) is 7.79. The number of ether oxygens (including phenoxy) is 3. The predicted octanol–water partition coefficient (Wildman–Crippen LogP) is 3.09. The molecular formula is C17H26O4. The van der Waals surface area contributed by atoms with Crippen molar-refractivity contribution in [2.75, 3.05) is 19.8 Å². The Labute approximate surface area is 127 Å². The van der Waals surface area contributed by atoms with Crippen molar-refractivity contribution < 1.29 is 19.3 Å². The zero-order valence-electron chi connectivity index (χ0n) is 13.0. The lowest BCUT2D eigenvalue weighted by molar-refractivity contribution is -0.0574. The molecule has 2 atom stereocenters.